The highest BCUT2D eigenvalue weighted by Gasteiger charge is 2.13. The molecular weight excluding hydrogens is 289 g/mol. The van der Waals surface area contributed by atoms with Crippen LogP contribution in [0.2, 0.25) is 5.22 Å². The van der Waals surface area contributed by atoms with E-state index in [2.05, 4.69) is 10.5 Å². The predicted molar refractivity (Wildman–Crippen MR) is 70.6 cm³/mol. The van der Waals surface area contributed by atoms with Gasteiger partial charge in [-0.25, -0.2) is 4.39 Å². The average molecular weight is 298 g/mol. The third kappa shape index (κ3) is 2.89. The normalized spacial score (nSPS) is 11.4. The number of amides is 1. The fourth-order valence-corrected chi connectivity index (χ4v) is 1.63. The third-order valence-electron chi connectivity index (χ3n) is 2.40. The lowest BCUT2D eigenvalue weighted by Crippen LogP contribution is -2.16. The molecule has 0 aliphatic rings. The molecule has 0 atom stereocenters. The van der Waals surface area contributed by atoms with Crippen LogP contribution in [0.5, 0.6) is 0 Å². The molecule has 0 saturated heterocycles. The summed E-state index contributed by atoms with van der Waals surface area (Å²) in [6.45, 7) is 0. The molecule has 104 valence electrons. The standard InChI is InChI=1S/C12H9ClFN3O3/c13-10-4-3-9(20-10)12(18)16-6-1-2-8(14)7(5-6)11(15)17-19/h1-5,19H,(H2,15,17)(H,16,18). The number of anilines is 1. The lowest BCUT2D eigenvalue weighted by Gasteiger charge is -2.06. The van der Waals surface area contributed by atoms with Crippen molar-refractivity contribution in [3.63, 3.8) is 0 Å². The second-order valence-electron chi connectivity index (χ2n) is 3.74. The van der Waals surface area contributed by atoms with Gasteiger partial charge in [0.25, 0.3) is 5.91 Å². The molecule has 0 aliphatic heterocycles. The number of oxime groups is 1. The van der Waals surface area contributed by atoms with Crippen LogP contribution in [-0.2, 0) is 0 Å². The average Bonchev–Trinajstić information content (AvgIpc) is 2.87. The van der Waals surface area contributed by atoms with Crippen molar-refractivity contribution in [1.82, 2.24) is 0 Å². The number of rotatable bonds is 3. The lowest BCUT2D eigenvalue weighted by atomic mass is 10.1. The van der Waals surface area contributed by atoms with E-state index in [-0.39, 0.29) is 22.2 Å². The van der Waals surface area contributed by atoms with Gasteiger partial charge in [0.1, 0.15) is 5.82 Å². The zero-order chi connectivity index (χ0) is 14.7. The van der Waals surface area contributed by atoms with Gasteiger partial charge in [0, 0.05) is 5.69 Å². The summed E-state index contributed by atoms with van der Waals surface area (Å²) in [5, 5.41) is 13.8. The summed E-state index contributed by atoms with van der Waals surface area (Å²) in [6, 6.07) is 6.45. The highest BCUT2D eigenvalue weighted by molar-refractivity contribution is 6.29. The van der Waals surface area contributed by atoms with Gasteiger partial charge in [-0.15, -0.1) is 0 Å². The van der Waals surface area contributed by atoms with Crippen LogP contribution in [0.15, 0.2) is 39.9 Å². The molecule has 0 bridgehead atoms. The first-order chi connectivity index (χ1) is 9.51. The van der Waals surface area contributed by atoms with E-state index in [0.717, 1.165) is 6.07 Å². The van der Waals surface area contributed by atoms with Crippen molar-refractivity contribution in [2.24, 2.45) is 10.9 Å². The Bertz CT molecular complexity index is 684. The molecule has 1 aromatic carbocycles. The Morgan fingerprint density at radius 3 is 2.75 bits per heavy atom. The second kappa shape index (κ2) is 5.62. The number of carbonyl (C=O) groups is 1. The number of benzene rings is 1. The molecule has 1 amide bonds. The number of nitrogens with two attached hydrogens (primary N) is 1. The number of hydrogen-bond donors (Lipinski definition) is 3. The Kier molecular flexibility index (Phi) is 3.90. The number of halogens is 2. The van der Waals surface area contributed by atoms with E-state index in [1.54, 1.807) is 0 Å². The van der Waals surface area contributed by atoms with Gasteiger partial charge in [-0.3, -0.25) is 4.79 Å². The summed E-state index contributed by atoms with van der Waals surface area (Å²) in [5.74, 6) is -1.64. The fourth-order valence-electron chi connectivity index (χ4n) is 1.48. The number of amidine groups is 1. The van der Waals surface area contributed by atoms with E-state index < -0.39 is 17.6 Å². The number of furan rings is 1. The summed E-state index contributed by atoms with van der Waals surface area (Å²) >= 11 is 5.56. The van der Waals surface area contributed by atoms with E-state index in [4.69, 9.17) is 27.0 Å². The molecular formula is C12H9ClFN3O3. The molecule has 0 aliphatic carbocycles. The minimum absolute atomic E-state index is 0.00433. The minimum atomic E-state index is -0.681. The van der Waals surface area contributed by atoms with E-state index in [0.29, 0.717) is 0 Å². The molecule has 4 N–H and O–H groups in total. The van der Waals surface area contributed by atoms with Gasteiger partial charge in [-0.2, -0.15) is 0 Å². The van der Waals surface area contributed by atoms with Crippen molar-refractivity contribution >= 4 is 29.0 Å². The maximum absolute atomic E-state index is 13.5. The van der Waals surface area contributed by atoms with Crippen LogP contribution in [0, 0.1) is 5.82 Å². The van der Waals surface area contributed by atoms with E-state index >= 15 is 0 Å². The summed E-state index contributed by atoms with van der Waals surface area (Å²) in [7, 11) is 0. The van der Waals surface area contributed by atoms with E-state index in [1.807, 2.05) is 0 Å². The number of nitrogens with zero attached hydrogens (tertiary/aromatic N) is 1. The Hall–Kier alpha value is -2.54. The molecule has 8 heteroatoms. The number of carbonyl (C=O) groups excluding carboxylic acids is 1. The maximum Gasteiger partial charge on any atom is 0.291 e. The molecule has 1 heterocycles. The quantitative estimate of drug-likeness (QED) is 0.350. The second-order valence-corrected chi connectivity index (χ2v) is 4.11. The van der Waals surface area contributed by atoms with Crippen molar-refractivity contribution in [3.8, 4) is 0 Å². The van der Waals surface area contributed by atoms with Crippen LogP contribution in [0.25, 0.3) is 0 Å². The Labute approximate surface area is 117 Å². The van der Waals surface area contributed by atoms with Crippen molar-refractivity contribution in [2.45, 2.75) is 0 Å². The van der Waals surface area contributed by atoms with Gasteiger partial charge in [0.15, 0.2) is 16.8 Å². The molecule has 0 radical (unpaired) electrons. The highest BCUT2D eigenvalue weighted by Crippen LogP contribution is 2.18. The molecule has 2 rings (SSSR count). The summed E-state index contributed by atoms with van der Waals surface area (Å²) < 4.78 is 18.4. The van der Waals surface area contributed by atoms with Gasteiger partial charge < -0.3 is 20.7 Å². The van der Waals surface area contributed by atoms with Crippen molar-refractivity contribution in [2.75, 3.05) is 5.32 Å². The highest BCUT2D eigenvalue weighted by atomic mass is 35.5. The molecule has 2 aromatic rings. The van der Waals surface area contributed by atoms with Gasteiger partial charge in [0.2, 0.25) is 0 Å². The summed E-state index contributed by atoms with van der Waals surface area (Å²) in [4.78, 5) is 11.8. The first-order valence-corrected chi connectivity index (χ1v) is 5.73. The molecule has 0 spiro atoms. The van der Waals surface area contributed by atoms with Crippen molar-refractivity contribution in [3.05, 3.63) is 52.7 Å². The van der Waals surface area contributed by atoms with Gasteiger partial charge in [0.05, 0.1) is 5.56 Å². The first-order valence-electron chi connectivity index (χ1n) is 5.35. The Morgan fingerprint density at radius 2 is 2.15 bits per heavy atom. The zero-order valence-corrected chi connectivity index (χ0v) is 10.7. The van der Waals surface area contributed by atoms with Crippen molar-refractivity contribution < 1.29 is 18.8 Å². The van der Waals surface area contributed by atoms with Crippen LogP contribution in [0.3, 0.4) is 0 Å². The molecule has 0 saturated carbocycles. The van der Waals surface area contributed by atoms with E-state index in [1.165, 1.54) is 24.3 Å². The largest absolute Gasteiger partial charge is 0.440 e. The zero-order valence-electron chi connectivity index (χ0n) is 9.93. The minimum Gasteiger partial charge on any atom is -0.440 e. The first kappa shape index (κ1) is 13.9. The molecule has 0 unspecified atom stereocenters. The fraction of sp³-hybridized carbons (Fsp3) is 0. The van der Waals surface area contributed by atoms with Crippen LogP contribution >= 0.6 is 11.6 Å². The van der Waals surface area contributed by atoms with Crippen LogP contribution in [-0.4, -0.2) is 17.0 Å². The van der Waals surface area contributed by atoms with E-state index in [9.17, 15) is 9.18 Å². The third-order valence-corrected chi connectivity index (χ3v) is 2.61. The van der Waals surface area contributed by atoms with Crippen LogP contribution < -0.4 is 11.1 Å². The van der Waals surface area contributed by atoms with Gasteiger partial charge in [-0.05, 0) is 41.9 Å². The van der Waals surface area contributed by atoms with Crippen LogP contribution in [0.1, 0.15) is 16.1 Å². The Balaban J connectivity index is 2.24. The molecule has 0 fully saturated rings. The predicted octanol–water partition coefficient (Wildman–Crippen LogP) is 2.42. The lowest BCUT2D eigenvalue weighted by molar-refractivity contribution is 0.0996. The van der Waals surface area contributed by atoms with Gasteiger partial charge >= 0.3 is 0 Å². The number of nitrogens with one attached hydrogen (secondary N) is 1. The monoisotopic (exact) mass is 297 g/mol. The number of hydrogen-bond acceptors (Lipinski definition) is 4. The topological polar surface area (TPSA) is 101 Å². The molecule has 1 aromatic heterocycles. The van der Waals surface area contributed by atoms with Gasteiger partial charge in [-0.1, -0.05) is 5.16 Å². The SMILES string of the molecule is N/C(=N/O)c1cc(NC(=O)c2ccc(Cl)o2)ccc1F. The van der Waals surface area contributed by atoms with Crippen LogP contribution in [0.4, 0.5) is 10.1 Å². The molecule has 6 nitrogen and oxygen atoms in total. The van der Waals surface area contributed by atoms with Crippen molar-refractivity contribution in [1.29, 1.82) is 0 Å². The molecule has 20 heavy (non-hydrogen) atoms. The maximum atomic E-state index is 13.5. The summed E-state index contributed by atoms with van der Waals surface area (Å²) in [6.07, 6.45) is 0. The summed E-state index contributed by atoms with van der Waals surface area (Å²) in [5.41, 5.74) is 5.44. The Morgan fingerprint density at radius 1 is 1.40 bits per heavy atom. The smallest absolute Gasteiger partial charge is 0.291 e.